The average molecular weight is 845 g/mol. The first-order valence-corrected chi connectivity index (χ1v) is 20.3. The monoisotopic (exact) mass is 844 g/mol. The summed E-state index contributed by atoms with van der Waals surface area (Å²) in [5.74, 6) is -9.37. The van der Waals surface area contributed by atoms with Gasteiger partial charge in [0.1, 0.15) is 54.9 Å². The highest BCUT2D eigenvalue weighted by molar-refractivity contribution is 8.08. The zero-order valence-electron chi connectivity index (χ0n) is 29.9. The van der Waals surface area contributed by atoms with Gasteiger partial charge in [-0.1, -0.05) is 0 Å². The summed E-state index contributed by atoms with van der Waals surface area (Å²) in [4.78, 5) is 77.5. The number of nitrogens with two attached hydrogens (primary N) is 1. The van der Waals surface area contributed by atoms with E-state index in [1.807, 2.05) is 0 Å². The topological polar surface area (TPSA) is 306 Å². The number of carbonyl (C=O) groups is 4. The maximum atomic E-state index is 16.3. The first-order chi connectivity index (χ1) is 25.5. The van der Waals surface area contributed by atoms with Gasteiger partial charge in [-0.3, -0.25) is 23.7 Å². The van der Waals surface area contributed by atoms with Crippen LogP contribution in [0.25, 0.3) is 11.1 Å². The van der Waals surface area contributed by atoms with Gasteiger partial charge in [-0.05, 0) is 25.8 Å². The molecule has 22 nitrogen and oxygen atoms in total. The summed E-state index contributed by atoms with van der Waals surface area (Å²) >= 11 is 4.95. The molecule has 13 atom stereocenters. The molecule has 2 saturated heterocycles. The molecule has 2 aliphatic heterocycles. The lowest BCUT2D eigenvalue weighted by molar-refractivity contribution is -0.426. The molecule has 2 aromatic heterocycles. The number of aliphatic hydroxyl groups is 1. The van der Waals surface area contributed by atoms with Gasteiger partial charge < -0.3 is 63.3 Å². The number of hydrogen-bond donors (Lipinski definition) is 5. The fourth-order valence-electron chi connectivity index (χ4n) is 7.14. The summed E-state index contributed by atoms with van der Waals surface area (Å²) in [6.07, 6.45) is -7.36. The minimum Gasteiger partial charge on any atom is -0.462 e. The summed E-state index contributed by atoms with van der Waals surface area (Å²) in [7, 11) is -4.12. The average Bonchev–Trinajstić information content (AvgIpc) is 3.62. The van der Waals surface area contributed by atoms with Crippen LogP contribution in [0.15, 0.2) is 17.0 Å². The van der Waals surface area contributed by atoms with E-state index < -0.39 is 118 Å². The van der Waals surface area contributed by atoms with Gasteiger partial charge >= 0.3 is 38.4 Å². The number of rotatable bonds is 15. The van der Waals surface area contributed by atoms with Gasteiger partial charge in [-0.2, -0.15) is 0 Å². The van der Waals surface area contributed by atoms with Crippen molar-refractivity contribution in [3.63, 3.8) is 0 Å². The van der Waals surface area contributed by atoms with E-state index in [0.29, 0.717) is 0 Å². The Morgan fingerprint density at radius 2 is 1.82 bits per heavy atom. The Hall–Kier alpha value is -3.25. The lowest BCUT2D eigenvalue weighted by atomic mass is 9.85. The Morgan fingerprint density at radius 3 is 2.42 bits per heavy atom. The van der Waals surface area contributed by atoms with E-state index >= 15 is 4.39 Å². The lowest BCUT2D eigenvalue weighted by Gasteiger charge is -2.52. The number of phosphoric ester groups is 1. The Kier molecular flexibility index (Phi) is 12.4. The second kappa shape index (κ2) is 15.9. The highest BCUT2D eigenvalue weighted by Crippen LogP contribution is 2.66. The molecule has 0 bridgehead atoms. The molecular formula is C29H39FN4O18P2S. The lowest BCUT2D eigenvalue weighted by Crippen LogP contribution is -2.67. The summed E-state index contributed by atoms with van der Waals surface area (Å²) < 4.78 is 82.8. The Morgan fingerprint density at radius 1 is 1.13 bits per heavy atom. The van der Waals surface area contributed by atoms with Crippen molar-refractivity contribution in [3.05, 3.63) is 18.2 Å². The van der Waals surface area contributed by atoms with E-state index in [1.54, 1.807) is 0 Å². The predicted molar refractivity (Wildman–Crippen MR) is 181 cm³/mol. The zero-order chi connectivity index (χ0) is 40.8. The Labute approximate surface area is 316 Å². The van der Waals surface area contributed by atoms with Crippen LogP contribution < -0.4 is 11.1 Å². The van der Waals surface area contributed by atoms with Crippen LogP contribution in [-0.2, 0) is 77.3 Å². The summed E-state index contributed by atoms with van der Waals surface area (Å²) in [5.41, 5.74) is 4.14. The number of anilines is 1. The summed E-state index contributed by atoms with van der Waals surface area (Å²) in [6, 6.07) is -1.12. The van der Waals surface area contributed by atoms with Crippen LogP contribution in [0.1, 0.15) is 46.3 Å². The molecule has 8 unspecified atom stereocenters. The van der Waals surface area contributed by atoms with Crippen molar-refractivity contribution in [1.29, 1.82) is 0 Å². The number of esters is 4. The molecule has 0 amide bonds. The minimum atomic E-state index is -5.55. The van der Waals surface area contributed by atoms with E-state index in [9.17, 15) is 38.6 Å². The number of halogens is 1. The molecule has 55 heavy (non-hydrogen) atoms. The number of ether oxygens (including phenoxy) is 6. The van der Waals surface area contributed by atoms with Gasteiger partial charge in [0.15, 0.2) is 23.4 Å². The number of furan rings is 1. The predicted octanol–water partition coefficient (Wildman–Crippen LogP) is 0.577. The van der Waals surface area contributed by atoms with Crippen LogP contribution in [0.3, 0.4) is 0 Å². The van der Waals surface area contributed by atoms with Crippen LogP contribution in [0.4, 0.5) is 10.2 Å². The SMILES string of the molecule is CN[C@@H]1[C@@H](COP(O)(=S)OP(=O)(O)OC2OC3(OC(C)=O)C2C(OC(C)=O)C(O)C3[C@H](COC(C)=O)OC(C)=O)O[C@@H](c2coc3c(N)ncnc23)[C@]1(C)F. The van der Waals surface area contributed by atoms with Crippen molar-refractivity contribution in [2.24, 2.45) is 11.8 Å². The minimum absolute atomic E-state index is 0.00860. The molecule has 0 spiro atoms. The summed E-state index contributed by atoms with van der Waals surface area (Å²) in [6.45, 7) is -0.968. The van der Waals surface area contributed by atoms with Gasteiger partial charge in [0, 0.05) is 33.3 Å². The van der Waals surface area contributed by atoms with E-state index in [0.717, 1.165) is 34.0 Å². The van der Waals surface area contributed by atoms with E-state index in [4.69, 9.17) is 63.7 Å². The standard InChI is InChI=1S/C29H39FN4O18P2S/c1-11(35)43-8-16(46-12(2)36)18-21(39)22(47-13(3)37)19-27(50-29(18,19)49-14(4)38)51-53(40,41)52-54(42,55)45-9-17-24(32-6)28(5,30)25(48-17)15-7-44-23-20(15)33-10-34-26(23)31/h7,10,16-19,21-22,24-25,27,32,39H,8-9H2,1-6H3,(H,40,41)(H,42,55)(H2,31,33,34)/t16-,17+,18?,19?,21?,22?,24+,25-,27?,28+,29?,54?/m0/s1. The highest BCUT2D eigenvalue weighted by Gasteiger charge is 2.78. The normalized spacial score (nSPS) is 34.1. The fourth-order valence-corrected chi connectivity index (χ4v) is 10.2. The van der Waals surface area contributed by atoms with Crippen molar-refractivity contribution in [1.82, 2.24) is 15.3 Å². The summed E-state index contributed by atoms with van der Waals surface area (Å²) in [5, 5.41) is 14.1. The Balaban J connectivity index is 1.33. The third kappa shape index (κ3) is 8.70. The van der Waals surface area contributed by atoms with Gasteiger partial charge in [-0.15, -0.1) is 0 Å². The first-order valence-electron chi connectivity index (χ1n) is 16.3. The van der Waals surface area contributed by atoms with Gasteiger partial charge in [-0.25, -0.2) is 23.2 Å². The molecule has 0 radical (unpaired) electrons. The number of hydrogen-bond acceptors (Lipinski definition) is 21. The molecule has 3 aliphatic rings. The van der Waals surface area contributed by atoms with Crippen LogP contribution >= 0.6 is 14.5 Å². The number of alkyl halides is 1. The van der Waals surface area contributed by atoms with Crippen LogP contribution in [0, 0.1) is 11.8 Å². The highest BCUT2D eigenvalue weighted by atomic mass is 32.5. The zero-order valence-corrected chi connectivity index (χ0v) is 32.5. The van der Waals surface area contributed by atoms with Crippen molar-refractivity contribution in [2.45, 2.75) is 88.9 Å². The molecule has 2 aromatic rings. The number of fused-ring (bicyclic) bond motifs is 2. The smallest absolute Gasteiger partial charge is 0.462 e. The number of likely N-dealkylation sites (N-methyl/N-ethyl adjacent to an activating group) is 1. The molecular weight excluding hydrogens is 805 g/mol. The molecule has 3 fully saturated rings. The number of phosphoric acid groups is 1. The van der Waals surface area contributed by atoms with Crippen molar-refractivity contribution in [2.75, 3.05) is 26.0 Å². The molecule has 1 saturated carbocycles. The molecule has 4 heterocycles. The number of nitrogens with zero attached hydrogens (tertiary/aromatic N) is 2. The van der Waals surface area contributed by atoms with Crippen molar-refractivity contribution in [3.8, 4) is 0 Å². The number of aromatic nitrogens is 2. The van der Waals surface area contributed by atoms with Crippen molar-refractivity contribution >= 4 is 67.1 Å². The molecule has 6 N–H and O–H groups in total. The van der Waals surface area contributed by atoms with Crippen LogP contribution in [0.2, 0.25) is 0 Å². The van der Waals surface area contributed by atoms with E-state index in [2.05, 4.69) is 15.3 Å². The van der Waals surface area contributed by atoms with Crippen molar-refractivity contribution < 1.29 is 89.2 Å². The van der Waals surface area contributed by atoms with Gasteiger partial charge in [0.2, 0.25) is 5.79 Å². The molecule has 306 valence electrons. The maximum absolute atomic E-state index is 16.3. The quantitative estimate of drug-likeness (QED) is 0.0930. The second-order valence-electron chi connectivity index (χ2n) is 12.9. The van der Waals surface area contributed by atoms with E-state index in [-0.39, 0.29) is 22.5 Å². The molecule has 0 aromatic carbocycles. The van der Waals surface area contributed by atoms with Gasteiger partial charge in [0.25, 0.3) is 0 Å². The third-order valence-corrected chi connectivity index (χ3v) is 12.5. The molecule has 1 aliphatic carbocycles. The van der Waals surface area contributed by atoms with Gasteiger partial charge in [0.05, 0.1) is 24.8 Å². The largest absolute Gasteiger partial charge is 0.481 e. The maximum Gasteiger partial charge on any atom is 0.481 e. The molecule has 26 heteroatoms. The fraction of sp³-hybridized carbons (Fsp3) is 0.655. The van der Waals surface area contributed by atoms with Crippen LogP contribution in [0.5, 0.6) is 0 Å². The third-order valence-electron chi connectivity index (χ3n) is 9.01. The Bertz CT molecular complexity index is 1920. The second-order valence-corrected chi connectivity index (χ2v) is 17.3. The number of nitrogens with one attached hydrogen (secondary N) is 1. The number of aliphatic hydroxyl groups excluding tert-OH is 1. The molecule has 5 rings (SSSR count). The van der Waals surface area contributed by atoms with E-state index in [1.165, 1.54) is 20.2 Å². The number of carbonyl (C=O) groups excluding carboxylic acids is 4. The van der Waals surface area contributed by atoms with Crippen LogP contribution in [-0.4, -0.2) is 117 Å². The number of nitrogen functional groups attached to an aromatic ring is 1. The first kappa shape index (κ1) is 42.9.